The maximum absolute atomic E-state index is 14.4. The van der Waals surface area contributed by atoms with Crippen LogP contribution in [-0.4, -0.2) is 73.3 Å². The van der Waals surface area contributed by atoms with Gasteiger partial charge < -0.3 is 39.0 Å². The molecule has 8 nitrogen and oxygen atoms in total. The molecule has 3 aliphatic rings. The zero-order chi connectivity index (χ0) is 24.9. The van der Waals surface area contributed by atoms with Crippen LogP contribution in [0.4, 0.5) is 4.39 Å². The Hall–Kier alpha value is -2.59. The molecule has 178 valence electrons. The minimum absolute atomic E-state index is 0.158. The van der Waals surface area contributed by atoms with E-state index >= 15 is 0 Å². The average molecular weight is 464 g/mol. The lowest BCUT2D eigenvalue weighted by molar-refractivity contribution is -0.214. The summed E-state index contributed by atoms with van der Waals surface area (Å²) in [5.74, 6) is 1.57. The number of methoxy groups -OCH3 is 1. The molecule has 3 aliphatic heterocycles. The highest BCUT2D eigenvalue weighted by Gasteiger charge is 2.46. The van der Waals surface area contributed by atoms with Crippen LogP contribution in [0.25, 0.3) is 0 Å². The van der Waals surface area contributed by atoms with Crippen molar-refractivity contribution in [2.45, 2.75) is 43.4 Å². The zero-order valence-corrected chi connectivity index (χ0v) is 18.0. The van der Waals surface area contributed by atoms with Crippen molar-refractivity contribution in [1.29, 1.82) is 0 Å². The van der Waals surface area contributed by atoms with E-state index < -0.39 is 43.6 Å². The lowest BCUT2D eigenvalue weighted by Crippen LogP contribution is -2.53. The SMILES string of the molecule is [2H]C([2H])(c1ccc2c(c1)OCCO2)c1cc([C@@H]2O[C@H](CO)[C@@H](F)[C@H](O)[C@H]2O)c(OC)c2c1OCC2. The average Bonchev–Trinajstić information content (AvgIpc) is 3.36. The zero-order valence-electron chi connectivity index (χ0n) is 20.0. The summed E-state index contributed by atoms with van der Waals surface area (Å²) in [6.07, 6.45) is -9.78. The molecule has 1 fully saturated rings. The molecule has 0 saturated carbocycles. The van der Waals surface area contributed by atoms with Crippen LogP contribution in [0.15, 0.2) is 24.3 Å². The molecular weight excluding hydrogens is 435 g/mol. The van der Waals surface area contributed by atoms with Crippen LogP contribution in [0.2, 0.25) is 0 Å². The molecule has 0 spiro atoms. The van der Waals surface area contributed by atoms with Crippen molar-refractivity contribution in [3.63, 3.8) is 0 Å². The van der Waals surface area contributed by atoms with Crippen LogP contribution in [-0.2, 0) is 17.5 Å². The van der Waals surface area contributed by atoms with Gasteiger partial charge in [-0.2, -0.15) is 0 Å². The summed E-state index contributed by atoms with van der Waals surface area (Å²) < 4.78 is 60.7. The summed E-state index contributed by atoms with van der Waals surface area (Å²) in [4.78, 5) is 0. The fourth-order valence-corrected chi connectivity index (χ4v) is 4.53. The van der Waals surface area contributed by atoms with Crippen LogP contribution in [0, 0.1) is 0 Å². The number of aliphatic hydroxyl groups excluding tert-OH is 3. The maximum atomic E-state index is 14.4. The van der Waals surface area contributed by atoms with Crippen molar-refractivity contribution < 1.29 is 46.1 Å². The molecule has 2 aromatic rings. The molecule has 2 aromatic carbocycles. The van der Waals surface area contributed by atoms with Gasteiger partial charge in [0, 0.05) is 26.7 Å². The van der Waals surface area contributed by atoms with Crippen molar-refractivity contribution in [3.8, 4) is 23.0 Å². The number of rotatable bonds is 5. The van der Waals surface area contributed by atoms with Gasteiger partial charge in [0.1, 0.15) is 49.1 Å². The number of hydrogen-bond donors (Lipinski definition) is 3. The lowest BCUT2D eigenvalue weighted by Gasteiger charge is -2.39. The molecule has 9 heteroatoms. The molecule has 1 saturated heterocycles. The quantitative estimate of drug-likeness (QED) is 0.611. The van der Waals surface area contributed by atoms with Gasteiger partial charge in [0.15, 0.2) is 17.7 Å². The van der Waals surface area contributed by atoms with E-state index in [4.69, 9.17) is 26.4 Å². The second-order valence-electron chi connectivity index (χ2n) is 8.14. The molecule has 33 heavy (non-hydrogen) atoms. The Kier molecular flexibility index (Phi) is 5.40. The normalized spacial score (nSPS) is 29.5. The van der Waals surface area contributed by atoms with Crippen molar-refractivity contribution in [2.75, 3.05) is 33.5 Å². The van der Waals surface area contributed by atoms with Gasteiger partial charge in [0.05, 0.1) is 20.3 Å². The first kappa shape index (κ1) is 19.8. The van der Waals surface area contributed by atoms with Gasteiger partial charge in [-0.15, -0.1) is 0 Å². The van der Waals surface area contributed by atoms with Crippen molar-refractivity contribution in [3.05, 3.63) is 46.5 Å². The van der Waals surface area contributed by atoms with E-state index in [1.165, 1.54) is 13.2 Å². The molecule has 0 aromatic heterocycles. The Morgan fingerprint density at radius 3 is 2.64 bits per heavy atom. The number of ether oxygens (including phenoxy) is 5. The smallest absolute Gasteiger partial charge is 0.161 e. The second kappa shape index (κ2) is 8.98. The van der Waals surface area contributed by atoms with E-state index in [9.17, 15) is 19.7 Å². The van der Waals surface area contributed by atoms with Crippen LogP contribution >= 0.6 is 0 Å². The minimum atomic E-state index is -2.08. The van der Waals surface area contributed by atoms with E-state index in [2.05, 4.69) is 0 Å². The van der Waals surface area contributed by atoms with Gasteiger partial charge in [-0.3, -0.25) is 0 Å². The Morgan fingerprint density at radius 2 is 1.88 bits per heavy atom. The maximum Gasteiger partial charge on any atom is 0.161 e. The molecule has 0 bridgehead atoms. The molecule has 5 rings (SSSR count). The predicted octanol–water partition coefficient (Wildman–Crippen LogP) is 1.48. The van der Waals surface area contributed by atoms with Gasteiger partial charge in [0.2, 0.25) is 0 Å². The van der Waals surface area contributed by atoms with Gasteiger partial charge in [-0.05, 0) is 29.3 Å². The lowest BCUT2D eigenvalue weighted by atomic mass is 9.88. The third-order valence-corrected chi connectivity index (χ3v) is 6.13. The van der Waals surface area contributed by atoms with E-state index in [1.807, 2.05) is 0 Å². The standard InChI is InChI=1S/C24H27FO8/c1-29-23-14-4-5-32-22(14)13(8-12-2-3-16-17(9-12)31-7-6-30-16)10-15(23)24-21(28)20(27)19(25)18(11-26)33-24/h2-3,9-10,18-21,24,26-28H,4-8,11H2,1H3/t18-,19-,20+,21-,24+/m1/s1/i8D2. The fourth-order valence-electron chi connectivity index (χ4n) is 4.53. The summed E-state index contributed by atoms with van der Waals surface area (Å²) in [6, 6.07) is 6.27. The molecule has 0 aliphatic carbocycles. The number of halogens is 1. The van der Waals surface area contributed by atoms with Gasteiger partial charge in [-0.1, -0.05) is 6.07 Å². The fraction of sp³-hybridized carbons (Fsp3) is 0.500. The number of benzene rings is 2. The van der Waals surface area contributed by atoms with E-state index in [0.29, 0.717) is 54.8 Å². The largest absolute Gasteiger partial charge is 0.496 e. The summed E-state index contributed by atoms with van der Waals surface area (Å²) in [6.45, 7) is 0.350. The van der Waals surface area contributed by atoms with Crippen LogP contribution in [0.5, 0.6) is 23.0 Å². The van der Waals surface area contributed by atoms with E-state index in [-0.39, 0.29) is 16.7 Å². The number of alkyl halides is 1. The molecule has 0 radical (unpaired) electrons. The Labute approximate surface area is 193 Å². The third kappa shape index (κ3) is 3.89. The number of hydrogen-bond acceptors (Lipinski definition) is 8. The van der Waals surface area contributed by atoms with Crippen LogP contribution in [0.3, 0.4) is 0 Å². The topological polar surface area (TPSA) is 107 Å². The van der Waals surface area contributed by atoms with Gasteiger partial charge >= 0.3 is 0 Å². The number of fused-ring (bicyclic) bond motifs is 2. The minimum Gasteiger partial charge on any atom is -0.496 e. The first-order valence-electron chi connectivity index (χ1n) is 11.8. The number of aliphatic hydroxyl groups is 3. The highest BCUT2D eigenvalue weighted by Crippen LogP contribution is 2.46. The predicted molar refractivity (Wildman–Crippen MR) is 114 cm³/mol. The summed E-state index contributed by atoms with van der Waals surface area (Å²) >= 11 is 0. The van der Waals surface area contributed by atoms with Gasteiger partial charge in [0.25, 0.3) is 0 Å². The first-order valence-corrected chi connectivity index (χ1v) is 10.8. The van der Waals surface area contributed by atoms with Crippen molar-refractivity contribution in [1.82, 2.24) is 0 Å². The molecule has 5 atom stereocenters. The highest BCUT2D eigenvalue weighted by atomic mass is 19.1. The molecule has 0 amide bonds. The molecule has 0 unspecified atom stereocenters. The summed E-state index contributed by atoms with van der Waals surface area (Å²) in [5.41, 5.74) is 1.25. The molecule has 3 heterocycles. The highest BCUT2D eigenvalue weighted by molar-refractivity contribution is 5.59. The summed E-state index contributed by atoms with van der Waals surface area (Å²) in [7, 11) is 1.42. The second-order valence-corrected chi connectivity index (χ2v) is 8.14. The Balaban J connectivity index is 1.64. The van der Waals surface area contributed by atoms with Crippen LogP contribution < -0.4 is 18.9 Å². The summed E-state index contributed by atoms with van der Waals surface area (Å²) in [5, 5.41) is 30.5. The van der Waals surface area contributed by atoms with Crippen LogP contribution in [0.1, 0.15) is 31.1 Å². The van der Waals surface area contributed by atoms with Gasteiger partial charge in [-0.25, -0.2) is 4.39 Å². The first-order chi connectivity index (χ1) is 16.8. The Bertz CT molecular complexity index is 1110. The van der Waals surface area contributed by atoms with Crippen molar-refractivity contribution >= 4 is 0 Å². The molecule has 3 N–H and O–H groups in total. The molecular formula is C24H27FO8. The third-order valence-electron chi connectivity index (χ3n) is 6.13. The van der Waals surface area contributed by atoms with Crippen molar-refractivity contribution in [2.24, 2.45) is 0 Å². The van der Waals surface area contributed by atoms with E-state index in [0.717, 1.165) is 0 Å². The monoisotopic (exact) mass is 464 g/mol. The Morgan fingerprint density at radius 1 is 1.09 bits per heavy atom. The van der Waals surface area contributed by atoms with E-state index in [1.54, 1.807) is 18.2 Å².